The van der Waals surface area contributed by atoms with Crippen LogP contribution in [-0.2, 0) is 5.41 Å². The summed E-state index contributed by atoms with van der Waals surface area (Å²) in [6.07, 6.45) is 4.94. The Kier molecular flexibility index (Phi) is 7.45. The maximum Gasteiger partial charge on any atom is 0.0267 e. The number of rotatable bonds is 6. The van der Waals surface area contributed by atoms with Crippen molar-refractivity contribution in [1.82, 2.24) is 0 Å². The Morgan fingerprint density at radius 1 is 0.741 bits per heavy atom. The third-order valence-corrected chi connectivity index (χ3v) is 8.18. The van der Waals surface area contributed by atoms with Crippen molar-refractivity contribution in [2.24, 2.45) is 11.8 Å². The van der Waals surface area contributed by atoms with Crippen LogP contribution >= 0.6 is 77.0 Å². The van der Waals surface area contributed by atoms with Gasteiger partial charge in [-0.05, 0) is 118 Å². The minimum absolute atomic E-state index is 0.118. The van der Waals surface area contributed by atoms with E-state index >= 15 is 0 Å². The summed E-state index contributed by atoms with van der Waals surface area (Å²) in [5.74, 6) is 1.43. The SMILES string of the molecule is CC(C)CCC1(CCC(C)C)c2cc(I)cc(Br)c2-c2c(Br)cc(I)cc21. The second-order valence-electron chi connectivity index (χ2n) is 8.57. The van der Waals surface area contributed by atoms with Gasteiger partial charge in [0.25, 0.3) is 0 Å². The van der Waals surface area contributed by atoms with E-state index in [9.17, 15) is 0 Å². The van der Waals surface area contributed by atoms with Crippen LogP contribution in [0.5, 0.6) is 0 Å². The Hall–Kier alpha value is 0.860. The Morgan fingerprint density at radius 3 is 1.44 bits per heavy atom. The van der Waals surface area contributed by atoms with Gasteiger partial charge in [-0.3, -0.25) is 0 Å². The van der Waals surface area contributed by atoms with Crippen molar-refractivity contribution in [3.63, 3.8) is 0 Å². The first-order valence-corrected chi connectivity index (χ1v) is 13.4. The molecule has 1 aliphatic rings. The summed E-state index contributed by atoms with van der Waals surface area (Å²) < 4.78 is 5.08. The average molecular weight is 716 g/mol. The first-order chi connectivity index (χ1) is 12.7. The van der Waals surface area contributed by atoms with E-state index in [4.69, 9.17) is 0 Å². The van der Waals surface area contributed by atoms with Gasteiger partial charge in [-0.25, -0.2) is 0 Å². The van der Waals surface area contributed by atoms with Crippen LogP contribution in [0.2, 0.25) is 0 Å². The molecule has 0 saturated heterocycles. The lowest BCUT2D eigenvalue weighted by atomic mass is 9.69. The van der Waals surface area contributed by atoms with E-state index in [0.717, 1.165) is 0 Å². The van der Waals surface area contributed by atoms with E-state index in [1.807, 2.05) is 0 Å². The van der Waals surface area contributed by atoms with Gasteiger partial charge in [-0.2, -0.15) is 0 Å². The van der Waals surface area contributed by atoms with Gasteiger partial charge >= 0.3 is 0 Å². The minimum atomic E-state index is 0.118. The molecule has 0 unspecified atom stereocenters. The quantitative estimate of drug-likeness (QED) is 0.262. The van der Waals surface area contributed by atoms with E-state index in [-0.39, 0.29) is 5.41 Å². The minimum Gasteiger partial charge on any atom is -0.0628 e. The topological polar surface area (TPSA) is 0 Å². The van der Waals surface area contributed by atoms with Crippen molar-refractivity contribution in [1.29, 1.82) is 0 Å². The molecule has 0 aliphatic heterocycles. The summed E-state index contributed by atoms with van der Waals surface area (Å²) in [6.45, 7) is 9.40. The molecule has 0 radical (unpaired) electrons. The summed E-state index contributed by atoms with van der Waals surface area (Å²) in [5, 5.41) is 0. The van der Waals surface area contributed by atoms with Crippen molar-refractivity contribution in [2.75, 3.05) is 0 Å². The van der Waals surface area contributed by atoms with Crippen LogP contribution in [0.4, 0.5) is 0 Å². The van der Waals surface area contributed by atoms with Crippen LogP contribution < -0.4 is 0 Å². The van der Waals surface area contributed by atoms with Gasteiger partial charge in [0.1, 0.15) is 0 Å². The maximum atomic E-state index is 3.90. The highest BCUT2D eigenvalue weighted by molar-refractivity contribution is 14.1. The van der Waals surface area contributed by atoms with Gasteiger partial charge < -0.3 is 0 Å². The molecule has 0 saturated carbocycles. The maximum absolute atomic E-state index is 3.90. The zero-order valence-corrected chi connectivity index (χ0v) is 23.8. The Bertz CT molecular complexity index is 784. The third-order valence-electron chi connectivity index (χ3n) is 5.69. The Morgan fingerprint density at radius 2 is 1.11 bits per heavy atom. The molecule has 0 fully saturated rings. The monoisotopic (exact) mass is 714 g/mol. The molecule has 0 aromatic heterocycles. The van der Waals surface area contributed by atoms with Gasteiger partial charge in [-0.15, -0.1) is 0 Å². The lowest BCUT2D eigenvalue weighted by molar-refractivity contribution is 0.364. The van der Waals surface area contributed by atoms with E-state index in [1.54, 1.807) is 0 Å². The second kappa shape index (κ2) is 8.93. The standard InChI is InChI=1S/C23H26Br2I2/c1-13(2)5-7-23(8-6-14(3)4)17-9-15(26)11-19(24)21(17)22-18(23)10-16(27)12-20(22)25/h9-14H,5-8H2,1-4H3. The summed E-state index contributed by atoms with van der Waals surface area (Å²) in [5.41, 5.74) is 5.98. The molecule has 0 heterocycles. The van der Waals surface area contributed by atoms with E-state index in [0.29, 0.717) is 11.8 Å². The fourth-order valence-corrected chi connectivity index (χ4v) is 7.71. The van der Waals surface area contributed by atoms with Crippen molar-refractivity contribution in [2.45, 2.75) is 58.8 Å². The summed E-state index contributed by atoms with van der Waals surface area (Å²) in [6, 6.07) is 9.41. The smallest absolute Gasteiger partial charge is 0.0267 e. The lowest BCUT2D eigenvalue weighted by Gasteiger charge is -2.34. The molecular formula is C23H26Br2I2. The highest BCUT2D eigenvalue weighted by Gasteiger charge is 2.44. The van der Waals surface area contributed by atoms with E-state index in [1.165, 1.54) is 64.0 Å². The highest BCUT2D eigenvalue weighted by Crippen LogP contribution is 2.58. The van der Waals surface area contributed by atoms with Gasteiger partial charge in [0.2, 0.25) is 0 Å². The molecule has 0 spiro atoms. The first-order valence-electron chi connectivity index (χ1n) is 9.65. The first kappa shape index (κ1) is 22.5. The molecule has 0 atom stereocenters. The molecule has 4 heteroatoms. The lowest BCUT2D eigenvalue weighted by Crippen LogP contribution is -2.27. The van der Waals surface area contributed by atoms with Gasteiger partial charge in [-0.1, -0.05) is 59.6 Å². The number of hydrogen-bond donors (Lipinski definition) is 0. The van der Waals surface area contributed by atoms with Crippen molar-refractivity contribution < 1.29 is 0 Å². The molecule has 0 bridgehead atoms. The van der Waals surface area contributed by atoms with Crippen LogP contribution in [0.1, 0.15) is 64.5 Å². The summed E-state index contributed by atoms with van der Waals surface area (Å²) in [4.78, 5) is 0. The number of fused-ring (bicyclic) bond motifs is 3. The molecule has 3 rings (SSSR count). The molecule has 2 aromatic carbocycles. The zero-order chi connectivity index (χ0) is 19.9. The van der Waals surface area contributed by atoms with Crippen LogP contribution in [-0.4, -0.2) is 0 Å². The van der Waals surface area contributed by atoms with Crippen LogP contribution in [0, 0.1) is 19.0 Å². The largest absolute Gasteiger partial charge is 0.0628 e. The Balaban J connectivity index is 2.31. The van der Waals surface area contributed by atoms with Crippen molar-refractivity contribution in [3.8, 4) is 11.1 Å². The molecule has 0 nitrogen and oxygen atoms in total. The molecule has 27 heavy (non-hydrogen) atoms. The van der Waals surface area contributed by atoms with E-state index in [2.05, 4.69) is 129 Å². The molecular weight excluding hydrogens is 690 g/mol. The van der Waals surface area contributed by atoms with Crippen LogP contribution in [0.15, 0.2) is 33.2 Å². The van der Waals surface area contributed by atoms with Crippen LogP contribution in [0.3, 0.4) is 0 Å². The summed E-state index contributed by atoms with van der Waals surface area (Å²) in [7, 11) is 0. The second-order valence-corrected chi connectivity index (χ2v) is 12.8. The average Bonchev–Trinajstić information content (AvgIpc) is 2.82. The molecule has 146 valence electrons. The van der Waals surface area contributed by atoms with Gasteiger partial charge in [0, 0.05) is 32.6 Å². The van der Waals surface area contributed by atoms with Gasteiger partial charge in [0.15, 0.2) is 0 Å². The Labute approximate surface area is 208 Å². The zero-order valence-electron chi connectivity index (χ0n) is 16.3. The van der Waals surface area contributed by atoms with E-state index < -0.39 is 0 Å². The number of halogens is 4. The fraction of sp³-hybridized carbons (Fsp3) is 0.478. The normalized spacial score (nSPS) is 14.7. The summed E-state index contributed by atoms with van der Waals surface area (Å²) >= 11 is 12.8. The number of hydrogen-bond acceptors (Lipinski definition) is 0. The van der Waals surface area contributed by atoms with Gasteiger partial charge in [0.05, 0.1) is 0 Å². The molecule has 2 aromatic rings. The predicted molar refractivity (Wildman–Crippen MR) is 142 cm³/mol. The molecule has 0 amide bonds. The van der Waals surface area contributed by atoms with Crippen molar-refractivity contribution >= 4 is 77.0 Å². The molecule has 0 N–H and O–H groups in total. The molecule has 1 aliphatic carbocycles. The highest BCUT2D eigenvalue weighted by atomic mass is 127. The third kappa shape index (κ3) is 4.48. The van der Waals surface area contributed by atoms with Crippen LogP contribution in [0.25, 0.3) is 11.1 Å². The van der Waals surface area contributed by atoms with Crippen molar-refractivity contribution in [3.05, 3.63) is 51.5 Å². The number of benzene rings is 2. The fourth-order valence-electron chi connectivity index (χ4n) is 4.29. The predicted octanol–water partition coefficient (Wildman–Crippen LogP) is 9.56.